The highest BCUT2D eigenvalue weighted by Gasteiger charge is 2.36. The van der Waals surface area contributed by atoms with E-state index in [1.165, 1.54) is 0 Å². The average Bonchev–Trinajstić information content (AvgIpc) is 2.23. The van der Waals surface area contributed by atoms with Crippen molar-refractivity contribution in [2.24, 2.45) is 5.73 Å². The molecule has 14 heavy (non-hydrogen) atoms. The fourth-order valence-corrected chi connectivity index (χ4v) is 1.56. The van der Waals surface area contributed by atoms with Gasteiger partial charge in [-0.3, -0.25) is 19.0 Å². The van der Waals surface area contributed by atoms with Gasteiger partial charge < -0.3 is 5.73 Å². The van der Waals surface area contributed by atoms with E-state index in [0.717, 1.165) is 4.90 Å². The molecule has 1 heterocycles. The molecule has 1 rings (SSSR count). The van der Waals surface area contributed by atoms with Gasteiger partial charge in [0, 0.05) is 6.54 Å². The number of carbonyl (C=O) groups excluding carboxylic acids is 2. The Balaban J connectivity index is 2.62. The van der Waals surface area contributed by atoms with Crippen molar-refractivity contribution < 1.29 is 22.6 Å². The van der Waals surface area contributed by atoms with E-state index in [1.807, 2.05) is 0 Å². The molecule has 80 valence electrons. The number of imide groups is 1. The van der Waals surface area contributed by atoms with Crippen molar-refractivity contribution in [3.63, 3.8) is 0 Å². The zero-order valence-electron chi connectivity index (χ0n) is 7.21. The summed E-state index contributed by atoms with van der Waals surface area (Å²) in [5.41, 5.74) is 5.27. The maximum Gasteiger partial charge on any atom is 0.266 e. The van der Waals surface area contributed by atoms with Crippen molar-refractivity contribution in [2.75, 3.05) is 12.3 Å². The molecule has 1 aliphatic rings. The van der Waals surface area contributed by atoms with Gasteiger partial charge in [0.1, 0.15) is 0 Å². The van der Waals surface area contributed by atoms with Crippen molar-refractivity contribution in [1.82, 2.24) is 4.90 Å². The highest BCUT2D eigenvalue weighted by molar-refractivity contribution is 7.85. The number of carbonyl (C=O) groups is 2. The van der Waals surface area contributed by atoms with Gasteiger partial charge in [-0.2, -0.15) is 8.42 Å². The number of hydrogen-bond donors (Lipinski definition) is 2. The lowest BCUT2D eigenvalue weighted by molar-refractivity contribution is -0.138. The van der Waals surface area contributed by atoms with Crippen molar-refractivity contribution in [3.05, 3.63) is 0 Å². The smallest absolute Gasteiger partial charge is 0.266 e. The summed E-state index contributed by atoms with van der Waals surface area (Å²) in [6, 6.07) is -0.885. The van der Waals surface area contributed by atoms with E-state index in [1.54, 1.807) is 0 Å². The summed E-state index contributed by atoms with van der Waals surface area (Å²) in [5, 5.41) is 0. The van der Waals surface area contributed by atoms with Gasteiger partial charge in [0.05, 0.1) is 18.2 Å². The molecule has 1 atom stereocenters. The topological polar surface area (TPSA) is 118 Å². The Bertz CT molecular complexity index is 362. The number of likely N-dealkylation sites (tertiary alicyclic amines) is 1. The number of amides is 2. The molecule has 7 nitrogen and oxygen atoms in total. The van der Waals surface area contributed by atoms with Gasteiger partial charge in [-0.15, -0.1) is 0 Å². The molecule has 0 aliphatic carbocycles. The highest BCUT2D eigenvalue weighted by Crippen LogP contribution is 2.10. The van der Waals surface area contributed by atoms with Crippen LogP contribution in [0.5, 0.6) is 0 Å². The fourth-order valence-electron chi connectivity index (χ4n) is 1.15. The number of nitrogens with two attached hydrogens (primary N) is 1. The maximum absolute atomic E-state index is 11.1. The zero-order valence-corrected chi connectivity index (χ0v) is 8.03. The molecule has 3 N–H and O–H groups in total. The van der Waals surface area contributed by atoms with Crippen LogP contribution in [0, 0.1) is 0 Å². The first-order chi connectivity index (χ1) is 6.31. The van der Waals surface area contributed by atoms with E-state index < -0.39 is 33.7 Å². The second-order valence-corrected chi connectivity index (χ2v) is 4.55. The van der Waals surface area contributed by atoms with Crippen molar-refractivity contribution >= 4 is 21.9 Å². The Morgan fingerprint density at radius 3 is 2.43 bits per heavy atom. The molecule has 1 unspecified atom stereocenters. The third-order valence-electron chi connectivity index (χ3n) is 1.85. The fraction of sp³-hybridized carbons (Fsp3) is 0.667. The Labute approximate surface area is 80.6 Å². The Morgan fingerprint density at radius 2 is 2.07 bits per heavy atom. The summed E-state index contributed by atoms with van der Waals surface area (Å²) < 4.78 is 29.1. The Kier molecular flexibility index (Phi) is 2.88. The van der Waals surface area contributed by atoms with Crippen molar-refractivity contribution in [1.29, 1.82) is 0 Å². The van der Waals surface area contributed by atoms with Gasteiger partial charge in [0.25, 0.3) is 10.1 Å². The minimum Gasteiger partial charge on any atom is -0.319 e. The van der Waals surface area contributed by atoms with Crippen LogP contribution in [0.2, 0.25) is 0 Å². The summed E-state index contributed by atoms with van der Waals surface area (Å²) in [6.45, 7) is -0.343. The molecule has 2 amide bonds. The lowest BCUT2D eigenvalue weighted by Crippen LogP contribution is -2.38. The second-order valence-electron chi connectivity index (χ2n) is 2.98. The van der Waals surface area contributed by atoms with Crippen molar-refractivity contribution in [2.45, 2.75) is 12.5 Å². The van der Waals surface area contributed by atoms with Gasteiger partial charge >= 0.3 is 0 Å². The summed E-state index contributed by atoms with van der Waals surface area (Å²) in [5.74, 6) is -1.76. The molecule has 0 aromatic heterocycles. The predicted octanol–water partition coefficient (Wildman–Crippen LogP) is -2.04. The van der Waals surface area contributed by atoms with Gasteiger partial charge in [0.2, 0.25) is 11.8 Å². The standard InChI is InChI=1S/C6H10N2O5S/c7-4-3-5(9)8(6(4)10)1-2-14(11,12)13/h4H,1-3,7H2,(H,11,12,13). The normalized spacial score (nSPS) is 23.3. The summed E-state index contributed by atoms with van der Waals surface area (Å²) in [4.78, 5) is 22.9. The number of rotatable bonds is 3. The molecule has 8 heteroatoms. The van der Waals surface area contributed by atoms with Gasteiger partial charge in [-0.05, 0) is 0 Å². The van der Waals surface area contributed by atoms with Crippen LogP contribution in [0.15, 0.2) is 0 Å². The van der Waals surface area contributed by atoms with E-state index in [4.69, 9.17) is 10.3 Å². The summed E-state index contributed by atoms with van der Waals surface area (Å²) in [6.07, 6.45) is -0.107. The molecule has 0 saturated carbocycles. The lowest BCUT2D eigenvalue weighted by Gasteiger charge is -2.12. The molecular formula is C6H10N2O5S. The van der Waals surface area contributed by atoms with Crippen LogP contribution in [0.1, 0.15) is 6.42 Å². The van der Waals surface area contributed by atoms with Crippen LogP contribution in [0.3, 0.4) is 0 Å². The largest absolute Gasteiger partial charge is 0.319 e. The first-order valence-corrected chi connectivity index (χ1v) is 5.47. The SMILES string of the molecule is NC1CC(=O)N(CCS(=O)(=O)O)C1=O. The van der Waals surface area contributed by atoms with Crippen LogP contribution in [0.25, 0.3) is 0 Å². The minimum atomic E-state index is -4.16. The van der Waals surface area contributed by atoms with E-state index in [2.05, 4.69) is 0 Å². The third kappa shape index (κ3) is 2.50. The van der Waals surface area contributed by atoms with Crippen LogP contribution in [-0.2, 0) is 19.7 Å². The molecule has 1 aliphatic heterocycles. The van der Waals surface area contributed by atoms with Gasteiger partial charge in [0.15, 0.2) is 0 Å². The van der Waals surface area contributed by atoms with Crippen LogP contribution in [0.4, 0.5) is 0 Å². The van der Waals surface area contributed by atoms with Crippen LogP contribution >= 0.6 is 0 Å². The second kappa shape index (κ2) is 3.64. The molecule has 1 fully saturated rings. The summed E-state index contributed by atoms with van der Waals surface area (Å²) >= 11 is 0. The molecule has 1 saturated heterocycles. The van der Waals surface area contributed by atoms with Gasteiger partial charge in [-0.1, -0.05) is 0 Å². The molecule has 0 spiro atoms. The van der Waals surface area contributed by atoms with Crippen LogP contribution < -0.4 is 5.73 Å². The monoisotopic (exact) mass is 222 g/mol. The molecule has 0 aromatic rings. The molecule has 0 aromatic carbocycles. The maximum atomic E-state index is 11.1. The van der Waals surface area contributed by atoms with E-state index >= 15 is 0 Å². The van der Waals surface area contributed by atoms with E-state index in [0.29, 0.717) is 0 Å². The lowest BCUT2D eigenvalue weighted by atomic mass is 10.3. The van der Waals surface area contributed by atoms with E-state index in [9.17, 15) is 18.0 Å². The minimum absolute atomic E-state index is 0.107. The summed E-state index contributed by atoms with van der Waals surface area (Å²) in [7, 11) is -4.16. The van der Waals surface area contributed by atoms with Crippen molar-refractivity contribution in [3.8, 4) is 0 Å². The molecule has 0 bridgehead atoms. The average molecular weight is 222 g/mol. The highest BCUT2D eigenvalue weighted by atomic mass is 32.2. The first kappa shape index (κ1) is 11.1. The third-order valence-corrected chi connectivity index (χ3v) is 2.55. The van der Waals surface area contributed by atoms with E-state index in [-0.39, 0.29) is 13.0 Å². The number of hydrogen-bond acceptors (Lipinski definition) is 5. The molecule has 0 radical (unpaired) electrons. The van der Waals surface area contributed by atoms with Crippen LogP contribution in [-0.4, -0.2) is 48.0 Å². The predicted molar refractivity (Wildman–Crippen MR) is 45.7 cm³/mol. The zero-order chi connectivity index (χ0) is 10.9. The Morgan fingerprint density at radius 1 is 1.50 bits per heavy atom. The molecular weight excluding hydrogens is 212 g/mol. The first-order valence-electron chi connectivity index (χ1n) is 3.86. The Hall–Kier alpha value is -0.990. The number of nitrogens with zero attached hydrogens (tertiary/aromatic N) is 1. The van der Waals surface area contributed by atoms with Gasteiger partial charge in [-0.25, -0.2) is 0 Å². The quantitative estimate of drug-likeness (QED) is 0.419.